The van der Waals surface area contributed by atoms with E-state index in [9.17, 15) is 29.1 Å². The molecule has 36 heavy (non-hydrogen) atoms. The Bertz CT molecular complexity index is 1070. The zero-order chi connectivity index (χ0) is 27.0. The maximum Gasteiger partial charge on any atom is 0.405 e. The average Bonchev–Trinajstić information content (AvgIpc) is 3.18. The summed E-state index contributed by atoms with van der Waals surface area (Å²) in [6.45, 7) is 10.4. The SMILES string of the molecule is CC(C)(C)C(NC(=O)O)C(=C=O)N1C[C@H]2[C@@H]([C@H]1C(=O)NC(C[C@@H]1CCNC1=C=O)C(N)=C=O)C2(C)C. The number of carboxylic acid groups (broad SMARTS) is 1. The Labute approximate surface area is 210 Å². The molecule has 2 unspecified atom stereocenters. The molecule has 2 aliphatic heterocycles. The number of nitrogens with zero attached hydrogens (tertiary/aromatic N) is 1. The quantitative estimate of drug-likeness (QED) is 0.292. The summed E-state index contributed by atoms with van der Waals surface area (Å²) >= 11 is 0. The Morgan fingerprint density at radius 1 is 1.22 bits per heavy atom. The molecular weight excluding hydrogens is 466 g/mol. The van der Waals surface area contributed by atoms with Gasteiger partial charge in [0.25, 0.3) is 0 Å². The van der Waals surface area contributed by atoms with Gasteiger partial charge in [-0.1, -0.05) is 34.6 Å². The van der Waals surface area contributed by atoms with E-state index in [1.807, 2.05) is 25.7 Å². The van der Waals surface area contributed by atoms with Crippen LogP contribution in [0.2, 0.25) is 0 Å². The van der Waals surface area contributed by atoms with Crippen molar-refractivity contribution in [2.45, 2.75) is 65.6 Å². The maximum absolute atomic E-state index is 13.7. The third kappa shape index (κ3) is 5.05. The molecule has 1 saturated carbocycles. The van der Waals surface area contributed by atoms with E-state index in [1.165, 1.54) is 0 Å². The van der Waals surface area contributed by atoms with Gasteiger partial charge >= 0.3 is 6.09 Å². The molecule has 6 N–H and O–H groups in total. The number of nitrogens with one attached hydrogen (secondary N) is 3. The second-order valence-electron chi connectivity index (χ2n) is 11.6. The van der Waals surface area contributed by atoms with Crippen LogP contribution in [0.4, 0.5) is 4.79 Å². The summed E-state index contributed by atoms with van der Waals surface area (Å²) < 4.78 is 0. The first-order valence-electron chi connectivity index (χ1n) is 12.1. The molecule has 3 aliphatic rings. The summed E-state index contributed by atoms with van der Waals surface area (Å²) in [6.07, 6.45) is -0.444. The highest BCUT2D eigenvalue weighted by molar-refractivity contribution is 5.85. The summed E-state index contributed by atoms with van der Waals surface area (Å²) in [4.78, 5) is 61.7. The van der Waals surface area contributed by atoms with Crippen LogP contribution in [0.5, 0.6) is 0 Å². The van der Waals surface area contributed by atoms with E-state index in [0.29, 0.717) is 25.2 Å². The van der Waals surface area contributed by atoms with E-state index in [4.69, 9.17) is 5.73 Å². The van der Waals surface area contributed by atoms with Crippen LogP contribution in [0.3, 0.4) is 0 Å². The third-order valence-electron chi connectivity index (χ3n) is 7.95. The third-order valence-corrected chi connectivity index (χ3v) is 7.95. The van der Waals surface area contributed by atoms with Gasteiger partial charge in [0.15, 0.2) is 0 Å². The molecule has 11 heteroatoms. The van der Waals surface area contributed by atoms with Crippen molar-refractivity contribution in [3.63, 3.8) is 0 Å². The Hall–Kier alpha value is -3.51. The molecule has 196 valence electrons. The lowest BCUT2D eigenvalue weighted by molar-refractivity contribution is -0.126. The molecule has 0 aromatic heterocycles. The second-order valence-corrected chi connectivity index (χ2v) is 11.6. The van der Waals surface area contributed by atoms with E-state index in [-0.39, 0.29) is 41.0 Å². The van der Waals surface area contributed by atoms with Gasteiger partial charge < -0.3 is 31.7 Å². The standard InChI is InChI=1S/C25H35N5O6/c1-24(2,3)21(29-23(35)36)18(12-33)30-9-14-19(25(14,4)5)20(30)22(34)28-16(15(26)10-31)8-13-6-7-27-17(13)11-32/h13-14,16,19-21,27,29H,6-9,26H2,1-5H3,(H,28,34)(H,35,36)/t13-,14-,16?,19-,20-,21?/m0/s1. The van der Waals surface area contributed by atoms with Gasteiger partial charge in [0.2, 0.25) is 5.91 Å². The van der Waals surface area contributed by atoms with Crippen LogP contribution in [0.1, 0.15) is 47.5 Å². The minimum absolute atomic E-state index is 0.0645. The molecule has 0 spiro atoms. The van der Waals surface area contributed by atoms with Crippen molar-refractivity contribution < 1.29 is 29.1 Å². The van der Waals surface area contributed by atoms with Gasteiger partial charge in [-0.15, -0.1) is 0 Å². The smallest absolute Gasteiger partial charge is 0.405 e. The topological polar surface area (TPSA) is 171 Å². The predicted octanol–water partition coefficient (Wildman–Crippen LogP) is 0.215. The van der Waals surface area contributed by atoms with Crippen molar-refractivity contribution in [1.29, 1.82) is 0 Å². The molecule has 2 saturated heterocycles. The van der Waals surface area contributed by atoms with E-state index in [2.05, 4.69) is 16.0 Å². The molecule has 1 aliphatic carbocycles. The first-order valence-corrected chi connectivity index (χ1v) is 12.1. The first-order chi connectivity index (χ1) is 16.8. The maximum atomic E-state index is 13.7. The number of hydrogen-bond donors (Lipinski definition) is 5. The summed E-state index contributed by atoms with van der Waals surface area (Å²) in [5.41, 5.74) is 5.32. The monoisotopic (exact) mass is 501 g/mol. The van der Waals surface area contributed by atoms with Gasteiger partial charge in [-0.25, -0.2) is 19.2 Å². The van der Waals surface area contributed by atoms with Crippen LogP contribution in [0.25, 0.3) is 0 Å². The Morgan fingerprint density at radius 3 is 2.42 bits per heavy atom. The number of amides is 2. The highest BCUT2D eigenvalue weighted by Gasteiger charge is 2.69. The van der Waals surface area contributed by atoms with E-state index < -0.39 is 35.5 Å². The number of rotatable bonds is 8. The number of carbonyl (C=O) groups is 2. The Balaban J connectivity index is 1.91. The van der Waals surface area contributed by atoms with Gasteiger partial charge in [0, 0.05) is 19.0 Å². The van der Waals surface area contributed by atoms with Crippen molar-refractivity contribution in [3.05, 3.63) is 17.1 Å². The Morgan fingerprint density at radius 2 is 1.89 bits per heavy atom. The van der Waals surface area contributed by atoms with Crippen LogP contribution < -0.4 is 21.7 Å². The molecule has 0 bridgehead atoms. The van der Waals surface area contributed by atoms with Crippen molar-refractivity contribution in [2.75, 3.05) is 13.1 Å². The lowest BCUT2D eigenvalue weighted by Gasteiger charge is -2.39. The number of fused-ring (bicyclic) bond motifs is 1. The van der Waals surface area contributed by atoms with Gasteiger partial charge in [0.05, 0.1) is 17.8 Å². The molecule has 3 rings (SSSR count). The predicted molar refractivity (Wildman–Crippen MR) is 130 cm³/mol. The first kappa shape index (κ1) is 27.1. The summed E-state index contributed by atoms with van der Waals surface area (Å²) in [5.74, 6) is 4.77. The number of carbonyl (C=O) groups excluding carboxylic acids is 4. The number of nitrogens with two attached hydrogens (primary N) is 1. The molecule has 0 radical (unpaired) electrons. The molecule has 2 amide bonds. The fourth-order valence-electron chi connectivity index (χ4n) is 5.84. The van der Waals surface area contributed by atoms with Crippen LogP contribution in [0.15, 0.2) is 17.1 Å². The molecule has 3 fully saturated rings. The second kappa shape index (κ2) is 9.86. The number of hydrogen-bond acceptors (Lipinski definition) is 8. The van der Waals surface area contributed by atoms with Gasteiger partial charge in [-0.2, -0.15) is 0 Å². The van der Waals surface area contributed by atoms with Gasteiger partial charge in [-0.05, 0) is 35.5 Å². The van der Waals surface area contributed by atoms with Crippen molar-refractivity contribution in [3.8, 4) is 0 Å². The van der Waals surface area contributed by atoms with E-state index in [1.54, 1.807) is 31.6 Å². The van der Waals surface area contributed by atoms with Crippen molar-refractivity contribution in [2.24, 2.45) is 34.3 Å². The molecule has 0 aromatic carbocycles. The van der Waals surface area contributed by atoms with Gasteiger partial charge in [0.1, 0.15) is 35.3 Å². The van der Waals surface area contributed by atoms with Crippen molar-refractivity contribution in [1.82, 2.24) is 20.9 Å². The fraction of sp³-hybridized carbons (Fsp3) is 0.680. The molecule has 6 atom stereocenters. The largest absolute Gasteiger partial charge is 0.465 e. The van der Waals surface area contributed by atoms with E-state index in [0.717, 1.165) is 0 Å². The lowest BCUT2D eigenvalue weighted by Crippen LogP contribution is -2.55. The van der Waals surface area contributed by atoms with Crippen LogP contribution >= 0.6 is 0 Å². The molecule has 2 heterocycles. The minimum atomic E-state index is -1.29. The Kier molecular flexibility index (Phi) is 7.42. The molecular formula is C25H35N5O6. The number of likely N-dealkylation sites (tertiary alicyclic amines) is 1. The minimum Gasteiger partial charge on any atom is -0.465 e. The average molecular weight is 502 g/mol. The molecule has 11 nitrogen and oxygen atoms in total. The highest BCUT2D eigenvalue weighted by atomic mass is 16.4. The summed E-state index contributed by atoms with van der Waals surface area (Å²) in [6, 6.07) is -2.55. The normalized spacial score (nSPS) is 27.4. The summed E-state index contributed by atoms with van der Waals surface area (Å²) in [5, 5.41) is 17.6. The zero-order valence-corrected chi connectivity index (χ0v) is 21.3. The van der Waals surface area contributed by atoms with Gasteiger partial charge in [-0.3, -0.25) is 4.79 Å². The fourth-order valence-corrected chi connectivity index (χ4v) is 5.84. The van der Waals surface area contributed by atoms with Crippen molar-refractivity contribution >= 4 is 29.8 Å². The molecule has 0 aromatic rings. The van der Waals surface area contributed by atoms with Crippen LogP contribution in [-0.4, -0.2) is 71.0 Å². The number of allylic oxidation sites excluding steroid dienone is 1. The summed E-state index contributed by atoms with van der Waals surface area (Å²) in [7, 11) is 0. The lowest BCUT2D eigenvalue weighted by atomic mass is 9.84. The van der Waals surface area contributed by atoms with Crippen LogP contribution in [0, 0.1) is 28.6 Å². The van der Waals surface area contributed by atoms with Crippen LogP contribution in [-0.2, 0) is 19.2 Å². The highest BCUT2D eigenvalue weighted by Crippen LogP contribution is 2.65. The van der Waals surface area contributed by atoms with E-state index >= 15 is 0 Å². The zero-order valence-electron chi connectivity index (χ0n) is 21.3. The number of piperidine rings is 1.